The summed E-state index contributed by atoms with van der Waals surface area (Å²) < 4.78 is 61.9. The number of nitrogens with zero attached hydrogens (tertiary/aromatic N) is 4. The van der Waals surface area contributed by atoms with Gasteiger partial charge in [0.15, 0.2) is 0 Å². The van der Waals surface area contributed by atoms with Crippen molar-refractivity contribution >= 4 is 39.2 Å². The van der Waals surface area contributed by atoms with Gasteiger partial charge in [0.05, 0.1) is 10.6 Å². The third kappa shape index (κ3) is 5.48. The zero-order valence-electron chi connectivity index (χ0n) is 21.5. The van der Waals surface area contributed by atoms with Crippen molar-refractivity contribution in [2.24, 2.45) is 5.92 Å². The Morgan fingerprint density at radius 1 is 1.10 bits per heavy atom. The monoisotopic (exact) mass is 567 g/mol. The number of carbonyl (C=O) groups excluding carboxylic acids is 3. The Labute approximate surface area is 223 Å². The molecule has 2 aliphatic heterocycles. The quantitative estimate of drug-likeness (QED) is 0.532. The summed E-state index contributed by atoms with van der Waals surface area (Å²) >= 11 is 0. The molecule has 0 bridgehead atoms. The van der Waals surface area contributed by atoms with Crippen molar-refractivity contribution in [1.82, 2.24) is 14.8 Å². The molecule has 10 nitrogen and oxygen atoms in total. The number of benzene rings is 1. The highest BCUT2D eigenvalue weighted by atomic mass is 32.2. The average molecular weight is 568 g/mol. The van der Waals surface area contributed by atoms with Crippen molar-refractivity contribution in [3.63, 3.8) is 0 Å². The van der Waals surface area contributed by atoms with E-state index in [0.717, 1.165) is 43.0 Å². The molecule has 39 heavy (non-hydrogen) atoms. The number of hydrogen-bond donors (Lipinski definition) is 1. The van der Waals surface area contributed by atoms with E-state index in [4.69, 9.17) is 0 Å². The first-order valence-corrected chi connectivity index (χ1v) is 13.6. The molecule has 0 aliphatic carbocycles. The number of nitrogens with one attached hydrogen (secondary N) is 1. The predicted octanol–water partition coefficient (Wildman–Crippen LogP) is 3.40. The van der Waals surface area contributed by atoms with Crippen molar-refractivity contribution in [2.45, 2.75) is 49.2 Å². The van der Waals surface area contributed by atoms with E-state index in [9.17, 15) is 36.0 Å². The molecule has 2 fully saturated rings. The molecule has 0 radical (unpaired) electrons. The van der Waals surface area contributed by atoms with Gasteiger partial charge in [-0.2, -0.15) is 13.2 Å². The number of carbonyl (C=O) groups is 3. The SMILES string of the molecule is CN1CCC(C(=O)Nc2cc(CN3C(=O)N(c4ccc(S(=O)(=O)C(F)(F)F)cc4)C(=O)C3(C)C)ccn2)CC1. The summed E-state index contributed by atoms with van der Waals surface area (Å²) in [5.74, 6) is -0.591. The van der Waals surface area contributed by atoms with Crippen molar-refractivity contribution < 1.29 is 36.0 Å². The number of pyridine rings is 1. The standard InChI is InChI=1S/C25H28F3N5O5S/c1-24(2)22(35)33(18-4-6-19(7-5-18)39(37,38)25(26,27)28)23(36)32(24)15-16-8-11-29-20(14-16)30-21(34)17-9-12-31(3)13-10-17/h4-8,11,14,17H,9-10,12-13,15H2,1-3H3,(H,29,30,34). The topological polar surface area (TPSA) is 120 Å². The Bertz CT molecular complexity index is 1390. The van der Waals surface area contributed by atoms with Gasteiger partial charge in [-0.15, -0.1) is 0 Å². The molecule has 2 aliphatic rings. The van der Waals surface area contributed by atoms with Crippen LogP contribution in [0.3, 0.4) is 0 Å². The van der Waals surface area contributed by atoms with Gasteiger partial charge in [-0.1, -0.05) is 0 Å². The van der Waals surface area contributed by atoms with E-state index in [2.05, 4.69) is 15.2 Å². The first-order valence-electron chi connectivity index (χ1n) is 12.1. The zero-order valence-corrected chi connectivity index (χ0v) is 22.3. The molecule has 0 unspecified atom stereocenters. The molecule has 2 saturated heterocycles. The van der Waals surface area contributed by atoms with Crippen molar-refractivity contribution in [3.8, 4) is 0 Å². The highest BCUT2D eigenvalue weighted by molar-refractivity contribution is 7.92. The number of rotatable bonds is 6. The van der Waals surface area contributed by atoms with E-state index in [-0.39, 0.29) is 24.1 Å². The zero-order chi connectivity index (χ0) is 28.8. The number of imide groups is 1. The van der Waals surface area contributed by atoms with Gasteiger partial charge < -0.3 is 15.1 Å². The van der Waals surface area contributed by atoms with Crippen LogP contribution in [-0.2, 0) is 26.0 Å². The molecular weight excluding hydrogens is 539 g/mol. The van der Waals surface area contributed by atoms with E-state index in [1.54, 1.807) is 12.1 Å². The molecular formula is C25H28F3N5O5S. The van der Waals surface area contributed by atoms with Crippen molar-refractivity contribution in [3.05, 3.63) is 48.2 Å². The van der Waals surface area contributed by atoms with Crippen molar-refractivity contribution in [2.75, 3.05) is 30.4 Å². The summed E-state index contributed by atoms with van der Waals surface area (Å²) in [7, 11) is -3.58. The third-order valence-corrected chi connectivity index (χ3v) is 8.54. The molecule has 0 spiro atoms. The fraction of sp³-hybridized carbons (Fsp3) is 0.440. The maximum atomic E-state index is 13.3. The van der Waals surface area contributed by atoms with Crippen LogP contribution in [-0.4, -0.2) is 72.2 Å². The number of likely N-dealkylation sites (tertiary alicyclic amines) is 1. The number of sulfone groups is 1. The smallest absolute Gasteiger partial charge is 0.310 e. The van der Waals surface area contributed by atoms with Crippen LogP contribution in [0.1, 0.15) is 32.3 Å². The number of aromatic nitrogens is 1. The minimum Gasteiger partial charge on any atom is -0.310 e. The molecule has 1 aromatic heterocycles. The van der Waals surface area contributed by atoms with Crippen molar-refractivity contribution in [1.29, 1.82) is 0 Å². The lowest BCUT2D eigenvalue weighted by Crippen LogP contribution is -2.43. The highest BCUT2D eigenvalue weighted by Gasteiger charge is 2.52. The molecule has 4 rings (SSSR count). The van der Waals surface area contributed by atoms with Crippen LogP contribution in [0.15, 0.2) is 47.5 Å². The van der Waals surface area contributed by atoms with Crippen LogP contribution in [0.2, 0.25) is 0 Å². The average Bonchev–Trinajstić information content (AvgIpc) is 3.03. The number of amides is 4. The Hall–Kier alpha value is -3.52. The Kier molecular flexibility index (Phi) is 7.47. The minimum absolute atomic E-state index is 0.0196. The van der Waals surface area contributed by atoms with E-state index >= 15 is 0 Å². The highest BCUT2D eigenvalue weighted by Crippen LogP contribution is 2.35. The summed E-state index contributed by atoms with van der Waals surface area (Å²) in [5.41, 5.74) is -6.29. The number of alkyl halides is 3. The normalized spacial score (nSPS) is 19.0. The lowest BCUT2D eigenvalue weighted by atomic mass is 9.96. The molecule has 14 heteroatoms. The van der Waals surface area contributed by atoms with Gasteiger partial charge in [0.1, 0.15) is 11.4 Å². The summed E-state index contributed by atoms with van der Waals surface area (Å²) in [6.45, 7) is 4.68. The van der Waals surface area contributed by atoms with Crippen LogP contribution in [0.5, 0.6) is 0 Å². The van der Waals surface area contributed by atoms with E-state index in [1.807, 2.05) is 7.05 Å². The van der Waals surface area contributed by atoms with Gasteiger partial charge in [0.2, 0.25) is 5.91 Å². The van der Waals surface area contributed by atoms with E-state index in [1.165, 1.54) is 24.9 Å². The fourth-order valence-electron chi connectivity index (χ4n) is 4.56. The minimum atomic E-state index is -5.58. The summed E-state index contributed by atoms with van der Waals surface area (Å²) in [6.07, 6.45) is 2.95. The second-order valence-electron chi connectivity index (χ2n) is 10.1. The van der Waals surface area contributed by atoms with Gasteiger partial charge in [-0.05, 0) is 88.8 Å². The Balaban J connectivity index is 1.51. The van der Waals surface area contributed by atoms with Gasteiger partial charge in [0, 0.05) is 18.7 Å². The number of urea groups is 1. The molecule has 0 atom stereocenters. The van der Waals surface area contributed by atoms with E-state index < -0.39 is 37.7 Å². The number of hydrogen-bond acceptors (Lipinski definition) is 7. The second kappa shape index (κ2) is 10.2. The Morgan fingerprint density at radius 3 is 2.31 bits per heavy atom. The largest absolute Gasteiger partial charge is 0.501 e. The first-order chi connectivity index (χ1) is 18.1. The van der Waals surface area contributed by atoms with Gasteiger partial charge in [-0.25, -0.2) is 23.1 Å². The number of piperidine rings is 1. The summed E-state index contributed by atoms with van der Waals surface area (Å²) in [6, 6.07) is 5.89. The molecule has 1 N–H and O–H groups in total. The summed E-state index contributed by atoms with van der Waals surface area (Å²) in [5, 5.41) is 2.82. The lowest BCUT2D eigenvalue weighted by molar-refractivity contribution is -0.123. The molecule has 2 aromatic rings. The molecule has 1 aromatic carbocycles. The first kappa shape index (κ1) is 28.5. The van der Waals surface area contributed by atoms with Gasteiger partial charge in [-0.3, -0.25) is 9.59 Å². The second-order valence-corrected chi connectivity index (χ2v) is 12.1. The molecule has 210 valence electrons. The van der Waals surface area contributed by atoms with Gasteiger partial charge in [0.25, 0.3) is 15.7 Å². The van der Waals surface area contributed by atoms with Gasteiger partial charge >= 0.3 is 11.5 Å². The predicted molar refractivity (Wildman–Crippen MR) is 135 cm³/mol. The van der Waals surface area contributed by atoms with Crippen LogP contribution < -0.4 is 10.2 Å². The maximum absolute atomic E-state index is 13.3. The molecule has 3 heterocycles. The number of anilines is 2. The fourth-order valence-corrected chi connectivity index (χ4v) is 5.32. The summed E-state index contributed by atoms with van der Waals surface area (Å²) in [4.78, 5) is 46.6. The number of halogens is 3. The van der Waals surface area contributed by atoms with Crippen LogP contribution in [0.4, 0.5) is 29.5 Å². The molecule has 0 saturated carbocycles. The van der Waals surface area contributed by atoms with Crippen LogP contribution in [0, 0.1) is 5.92 Å². The van der Waals surface area contributed by atoms with E-state index in [0.29, 0.717) is 23.5 Å². The van der Waals surface area contributed by atoms with Crippen LogP contribution >= 0.6 is 0 Å². The van der Waals surface area contributed by atoms with Crippen LogP contribution in [0.25, 0.3) is 0 Å². The lowest BCUT2D eigenvalue weighted by Gasteiger charge is -2.28. The molecule has 4 amide bonds. The Morgan fingerprint density at radius 2 is 1.72 bits per heavy atom. The third-order valence-electron chi connectivity index (χ3n) is 7.04. The maximum Gasteiger partial charge on any atom is 0.501 e.